The maximum Gasteiger partial charge on any atom is 0.333 e. The van der Waals surface area contributed by atoms with Crippen molar-refractivity contribution >= 4 is 27.5 Å². The highest BCUT2D eigenvalue weighted by molar-refractivity contribution is 7.21. The van der Waals surface area contributed by atoms with E-state index in [1.165, 1.54) is 0 Å². The van der Waals surface area contributed by atoms with Crippen LogP contribution in [-0.2, 0) is 16.0 Å². The summed E-state index contributed by atoms with van der Waals surface area (Å²) in [7, 11) is 0. The lowest BCUT2D eigenvalue weighted by Gasteiger charge is -2.13. The van der Waals surface area contributed by atoms with Gasteiger partial charge >= 0.3 is 5.97 Å². The number of hydrogen-bond acceptors (Lipinski definition) is 6. The van der Waals surface area contributed by atoms with Gasteiger partial charge in [-0.15, -0.1) is 11.3 Å². The summed E-state index contributed by atoms with van der Waals surface area (Å²) in [4.78, 5) is 16.0. The molecule has 0 saturated heterocycles. The second-order valence-electron chi connectivity index (χ2n) is 7.66. The number of aromatic nitrogens is 1. The molecular weight excluding hydrogens is 450 g/mol. The van der Waals surface area contributed by atoms with Gasteiger partial charge in [-0.2, -0.15) is 0 Å². The van der Waals surface area contributed by atoms with E-state index in [2.05, 4.69) is 6.07 Å². The van der Waals surface area contributed by atoms with Gasteiger partial charge in [0.05, 0.1) is 29.0 Å². The fourth-order valence-electron chi connectivity index (χ4n) is 3.54. The molecule has 0 aliphatic heterocycles. The van der Waals surface area contributed by atoms with E-state index in [0.717, 1.165) is 44.3 Å². The fourth-order valence-corrected chi connectivity index (χ4v) is 4.54. The number of carboxylic acid groups (broad SMARTS) is 1. The largest absolute Gasteiger partial charge is 0.493 e. The van der Waals surface area contributed by atoms with E-state index < -0.39 is 12.1 Å². The molecule has 7 heteroatoms. The van der Waals surface area contributed by atoms with Gasteiger partial charge in [-0.25, -0.2) is 9.78 Å². The smallest absolute Gasteiger partial charge is 0.333 e. The average Bonchev–Trinajstić information content (AvgIpc) is 3.29. The Hall–Kier alpha value is -3.42. The number of aliphatic carboxylic acids is 1. The van der Waals surface area contributed by atoms with Gasteiger partial charge in [0.1, 0.15) is 16.5 Å². The molecule has 0 aliphatic rings. The zero-order valence-electron chi connectivity index (χ0n) is 19.0. The molecule has 0 fully saturated rings. The van der Waals surface area contributed by atoms with Gasteiger partial charge in [0.25, 0.3) is 0 Å². The molecule has 1 aromatic heterocycles. The predicted octanol–water partition coefficient (Wildman–Crippen LogP) is 5.84. The van der Waals surface area contributed by atoms with Crippen molar-refractivity contribution in [3.63, 3.8) is 0 Å². The van der Waals surface area contributed by atoms with Crippen molar-refractivity contribution in [1.82, 2.24) is 4.98 Å². The summed E-state index contributed by atoms with van der Waals surface area (Å²) in [6.45, 7) is 3.19. The lowest BCUT2D eigenvalue weighted by molar-refractivity contribution is -0.149. The summed E-state index contributed by atoms with van der Waals surface area (Å²) in [5, 5.41) is 10.2. The highest BCUT2D eigenvalue weighted by atomic mass is 32.1. The number of para-hydroxylation sites is 2. The third-order valence-corrected chi connectivity index (χ3v) is 6.28. The minimum Gasteiger partial charge on any atom is -0.493 e. The lowest BCUT2D eigenvalue weighted by atomic mass is 10.1. The molecule has 0 amide bonds. The number of ether oxygens (including phenoxy) is 3. The van der Waals surface area contributed by atoms with Crippen LogP contribution in [0.5, 0.6) is 11.5 Å². The first kappa shape index (κ1) is 23.7. The molecule has 1 heterocycles. The Labute approximate surface area is 202 Å². The molecule has 0 unspecified atom stereocenters. The van der Waals surface area contributed by atoms with E-state index in [0.29, 0.717) is 26.2 Å². The van der Waals surface area contributed by atoms with Crippen LogP contribution in [0, 0.1) is 0 Å². The molecule has 3 aromatic carbocycles. The number of carbonyl (C=O) groups is 1. The Kier molecular flexibility index (Phi) is 8.12. The molecule has 0 bridgehead atoms. The van der Waals surface area contributed by atoms with Crippen LogP contribution in [0.3, 0.4) is 0 Å². The van der Waals surface area contributed by atoms with Gasteiger partial charge in [-0.05, 0) is 48.9 Å². The Morgan fingerprint density at radius 1 is 0.971 bits per heavy atom. The van der Waals surface area contributed by atoms with E-state index in [1.54, 1.807) is 18.3 Å². The standard InChI is InChI=1S/C27H27NO5S/c1-2-31-24(27(29)30)18-19-12-14-20(15-13-19)32-16-7-17-33-23-10-5-3-8-21(23)26-28-22-9-4-6-11-25(22)34-26/h3-6,8-15,24H,2,7,16-18H2,1H3,(H,29,30)/t24-/m0/s1. The fraction of sp³-hybridized carbons (Fsp3) is 0.259. The van der Waals surface area contributed by atoms with E-state index in [9.17, 15) is 9.90 Å². The van der Waals surface area contributed by atoms with Gasteiger partial charge in [0.2, 0.25) is 0 Å². The van der Waals surface area contributed by atoms with Gasteiger partial charge < -0.3 is 19.3 Å². The summed E-state index contributed by atoms with van der Waals surface area (Å²) >= 11 is 1.66. The monoisotopic (exact) mass is 477 g/mol. The van der Waals surface area contributed by atoms with Crippen molar-refractivity contribution in [1.29, 1.82) is 0 Å². The van der Waals surface area contributed by atoms with E-state index >= 15 is 0 Å². The average molecular weight is 478 g/mol. The normalized spacial score (nSPS) is 11.9. The van der Waals surface area contributed by atoms with Crippen molar-refractivity contribution in [3.05, 3.63) is 78.4 Å². The molecule has 0 spiro atoms. The Bertz CT molecular complexity index is 1190. The van der Waals surface area contributed by atoms with Crippen LogP contribution in [-0.4, -0.2) is 42.0 Å². The minimum absolute atomic E-state index is 0.325. The van der Waals surface area contributed by atoms with Crippen molar-refractivity contribution in [3.8, 4) is 22.1 Å². The second kappa shape index (κ2) is 11.6. The van der Waals surface area contributed by atoms with Gasteiger partial charge in [0.15, 0.2) is 6.10 Å². The van der Waals surface area contributed by atoms with Crippen LogP contribution < -0.4 is 9.47 Å². The van der Waals surface area contributed by atoms with Crippen LogP contribution in [0.15, 0.2) is 72.8 Å². The number of hydrogen-bond donors (Lipinski definition) is 1. The third kappa shape index (κ3) is 6.12. The van der Waals surface area contributed by atoms with Gasteiger partial charge in [0, 0.05) is 19.4 Å². The van der Waals surface area contributed by atoms with E-state index in [1.807, 2.05) is 66.7 Å². The lowest BCUT2D eigenvalue weighted by Crippen LogP contribution is -2.26. The highest BCUT2D eigenvalue weighted by Crippen LogP contribution is 2.35. The van der Waals surface area contributed by atoms with Crippen molar-refractivity contribution in [2.24, 2.45) is 0 Å². The molecule has 0 saturated carbocycles. The SMILES string of the molecule is CCO[C@@H](Cc1ccc(OCCCOc2ccccc2-c2nc3ccccc3s2)cc1)C(=O)O. The Balaban J connectivity index is 1.26. The van der Waals surface area contributed by atoms with Crippen LogP contribution in [0.4, 0.5) is 0 Å². The van der Waals surface area contributed by atoms with E-state index in [4.69, 9.17) is 19.2 Å². The number of carboxylic acids is 1. The zero-order valence-corrected chi connectivity index (χ0v) is 19.8. The number of nitrogens with zero attached hydrogens (tertiary/aromatic N) is 1. The van der Waals surface area contributed by atoms with Gasteiger partial charge in [-0.1, -0.05) is 36.4 Å². The molecule has 4 aromatic rings. The minimum atomic E-state index is -0.952. The van der Waals surface area contributed by atoms with Crippen LogP contribution >= 0.6 is 11.3 Å². The summed E-state index contributed by atoms with van der Waals surface area (Å²) in [5.74, 6) is 0.599. The molecule has 0 radical (unpaired) electrons. The predicted molar refractivity (Wildman–Crippen MR) is 134 cm³/mol. The Morgan fingerprint density at radius 3 is 2.47 bits per heavy atom. The van der Waals surface area contributed by atoms with Crippen molar-refractivity contribution in [2.45, 2.75) is 25.9 Å². The first-order chi connectivity index (χ1) is 16.6. The van der Waals surface area contributed by atoms with Crippen LogP contribution in [0.2, 0.25) is 0 Å². The maximum atomic E-state index is 11.2. The molecule has 0 aliphatic carbocycles. The summed E-state index contributed by atoms with van der Waals surface area (Å²) in [5.41, 5.74) is 2.88. The van der Waals surface area contributed by atoms with Crippen LogP contribution in [0.1, 0.15) is 18.9 Å². The topological polar surface area (TPSA) is 77.9 Å². The quantitative estimate of drug-likeness (QED) is 0.258. The third-order valence-electron chi connectivity index (χ3n) is 5.21. The Morgan fingerprint density at radius 2 is 1.71 bits per heavy atom. The molecule has 34 heavy (non-hydrogen) atoms. The molecule has 1 atom stereocenters. The maximum absolute atomic E-state index is 11.2. The molecule has 176 valence electrons. The summed E-state index contributed by atoms with van der Waals surface area (Å²) in [6.07, 6.45) is 0.215. The highest BCUT2D eigenvalue weighted by Gasteiger charge is 2.17. The number of benzene rings is 3. The van der Waals surface area contributed by atoms with Crippen molar-refractivity contribution < 1.29 is 24.1 Å². The number of thiazole rings is 1. The van der Waals surface area contributed by atoms with Gasteiger partial charge in [-0.3, -0.25) is 0 Å². The number of fused-ring (bicyclic) bond motifs is 1. The van der Waals surface area contributed by atoms with E-state index in [-0.39, 0.29) is 0 Å². The van der Waals surface area contributed by atoms with Crippen LogP contribution in [0.25, 0.3) is 20.8 Å². The summed E-state index contributed by atoms with van der Waals surface area (Å²) in [6, 6.07) is 23.5. The molecule has 1 N–H and O–H groups in total. The molecule has 4 rings (SSSR count). The zero-order chi connectivity index (χ0) is 23.8. The molecule has 6 nitrogen and oxygen atoms in total. The van der Waals surface area contributed by atoms with Crippen molar-refractivity contribution in [2.75, 3.05) is 19.8 Å². The first-order valence-electron chi connectivity index (χ1n) is 11.3. The summed E-state index contributed by atoms with van der Waals surface area (Å²) < 4.78 is 18.3. The molecular formula is C27H27NO5S. The number of rotatable bonds is 12. The first-order valence-corrected chi connectivity index (χ1v) is 12.1. The second-order valence-corrected chi connectivity index (χ2v) is 8.69.